The van der Waals surface area contributed by atoms with Crippen molar-refractivity contribution in [2.75, 3.05) is 16.0 Å². The second-order valence-corrected chi connectivity index (χ2v) is 8.80. The van der Waals surface area contributed by atoms with Crippen molar-refractivity contribution >= 4 is 34.7 Å². The minimum absolute atomic E-state index is 0.0104. The molecule has 0 aliphatic carbocycles. The van der Waals surface area contributed by atoms with Gasteiger partial charge in [-0.25, -0.2) is 0 Å². The van der Waals surface area contributed by atoms with Crippen molar-refractivity contribution in [3.63, 3.8) is 0 Å². The minimum atomic E-state index is -0.0191. The van der Waals surface area contributed by atoms with Gasteiger partial charge in [0.05, 0.1) is 5.75 Å². The first-order valence-corrected chi connectivity index (χ1v) is 11.8. The van der Waals surface area contributed by atoms with Crippen molar-refractivity contribution in [2.45, 2.75) is 32.0 Å². The summed E-state index contributed by atoms with van der Waals surface area (Å²) in [6, 6.07) is 25.7. The number of para-hydroxylation sites is 1. The molecule has 4 aromatic rings. The topological polar surface area (TPSA) is 71.3 Å². The Labute approximate surface area is 198 Å². The lowest BCUT2D eigenvalue weighted by atomic mass is 10.1. The van der Waals surface area contributed by atoms with E-state index in [1.165, 1.54) is 11.8 Å². The Morgan fingerprint density at radius 3 is 2.30 bits per heavy atom. The van der Waals surface area contributed by atoms with Gasteiger partial charge in [0.2, 0.25) is 11.8 Å². The maximum atomic E-state index is 13.1. The van der Waals surface area contributed by atoms with Crippen molar-refractivity contribution in [1.82, 2.24) is 10.2 Å². The normalized spacial score (nSPS) is 10.9. The van der Waals surface area contributed by atoms with E-state index in [1.54, 1.807) is 4.90 Å². The van der Waals surface area contributed by atoms with Crippen molar-refractivity contribution < 1.29 is 9.21 Å². The van der Waals surface area contributed by atoms with Gasteiger partial charge in [-0.05, 0) is 68.8 Å². The fourth-order valence-electron chi connectivity index (χ4n) is 3.51. The molecule has 1 heterocycles. The first-order valence-electron chi connectivity index (χ1n) is 10.8. The van der Waals surface area contributed by atoms with E-state index < -0.39 is 0 Å². The maximum absolute atomic E-state index is 13.1. The summed E-state index contributed by atoms with van der Waals surface area (Å²) >= 11 is 1.25. The average molecular weight is 459 g/mol. The molecular formula is C26H26N4O2S. The number of aryl methyl sites for hydroxylation is 1. The van der Waals surface area contributed by atoms with E-state index in [9.17, 15) is 4.79 Å². The molecule has 1 N–H and O–H groups in total. The zero-order valence-electron chi connectivity index (χ0n) is 18.9. The molecule has 0 saturated heterocycles. The van der Waals surface area contributed by atoms with Crippen molar-refractivity contribution in [3.8, 4) is 11.5 Å². The highest BCUT2D eigenvalue weighted by Gasteiger charge is 2.21. The molecule has 0 spiro atoms. The molecule has 6 nitrogen and oxygen atoms in total. The van der Waals surface area contributed by atoms with Gasteiger partial charge in [0.25, 0.3) is 5.22 Å². The van der Waals surface area contributed by atoms with Gasteiger partial charge in [0.1, 0.15) is 0 Å². The van der Waals surface area contributed by atoms with Gasteiger partial charge in [0, 0.05) is 28.7 Å². The Hall–Kier alpha value is -3.58. The van der Waals surface area contributed by atoms with Crippen LogP contribution in [0.4, 0.5) is 17.1 Å². The second kappa shape index (κ2) is 10.4. The lowest BCUT2D eigenvalue weighted by Crippen LogP contribution is -2.38. The second-order valence-electron chi connectivity index (χ2n) is 7.87. The van der Waals surface area contributed by atoms with E-state index in [2.05, 4.69) is 15.5 Å². The van der Waals surface area contributed by atoms with Gasteiger partial charge in [0.15, 0.2) is 0 Å². The number of rotatable bonds is 8. The van der Waals surface area contributed by atoms with Gasteiger partial charge in [-0.2, -0.15) is 0 Å². The Bertz CT molecular complexity index is 1210. The molecule has 0 fully saturated rings. The number of carbonyl (C=O) groups excluding carboxylic acids is 1. The van der Waals surface area contributed by atoms with Crippen LogP contribution in [0.15, 0.2) is 88.5 Å². The maximum Gasteiger partial charge on any atom is 0.277 e. The van der Waals surface area contributed by atoms with E-state index in [1.807, 2.05) is 99.6 Å². The van der Waals surface area contributed by atoms with Crippen LogP contribution < -0.4 is 10.2 Å². The van der Waals surface area contributed by atoms with Crippen LogP contribution in [-0.4, -0.2) is 27.9 Å². The number of benzene rings is 3. The third-order valence-electron chi connectivity index (χ3n) is 5.09. The molecule has 0 radical (unpaired) electrons. The third-order valence-corrected chi connectivity index (χ3v) is 5.90. The standard InChI is InChI=1S/C26H26N4O2S/c1-18(2)30(22-15-13-21(14-16-22)27-20-10-5-4-6-11-20)24(31)17-33-26-29-28-25(32-26)23-12-8-7-9-19(23)3/h4-16,18,27H,17H2,1-3H3. The van der Waals surface area contributed by atoms with Crippen LogP contribution in [-0.2, 0) is 4.79 Å². The third kappa shape index (κ3) is 5.62. The number of nitrogens with one attached hydrogen (secondary N) is 1. The van der Waals surface area contributed by atoms with Crippen LogP contribution in [0, 0.1) is 6.92 Å². The highest BCUT2D eigenvalue weighted by Crippen LogP contribution is 2.27. The molecule has 0 atom stereocenters. The van der Waals surface area contributed by atoms with Crippen LogP contribution in [0.1, 0.15) is 19.4 Å². The molecule has 1 aromatic heterocycles. The molecule has 0 saturated carbocycles. The van der Waals surface area contributed by atoms with Crippen molar-refractivity contribution in [3.05, 3.63) is 84.4 Å². The smallest absolute Gasteiger partial charge is 0.277 e. The van der Waals surface area contributed by atoms with Crippen LogP contribution in [0.3, 0.4) is 0 Å². The number of anilines is 3. The van der Waals surface area contributed by atoms with E-state index >= 15 is 0 Å². The lowest BCUT2D eigenvalue weighted by Gasteiger charge is -2.27. The fraction of sp³-hybridized carbons (Fsp3) is 0.192. The summed E-state index contributed by atoms with van der Waals surface area (Å²) in [5.41, 5.74) is 4.79. The number of amides is 1. The first-order chi connectivity index (χ1) is 16.0. The van der Waals surface area contributed by atoms with E-state index in [0.29, 0.717) is 11.1 Å². The fourth-order valence-corrected chi connectivity index (χ4v) is 4.13. The van der Waals surface area contributed by atoms with E-state index in [4.69, 9.17) is 4.42 Å². The molecular weight excluding hydrogens is 432 g/mol. The molecule has 168 valence electrons. The molecule has 0 unspecified atom stereocenters. The highest BCUT2D eigenvalue weighted by atomic mass is 32.2. The summed E-state index contributed by atoms with van der Waals surface area (Å²) in [4.78, 5) is 14.9. The summed E-state index contributed by atoms with van der Waals surface area (Å²) in [5.74, 6) is 0.650. The summed E-state index contributed by atoms with van der Waals surface area (Å²) in [7, 11) is 0. The first kappa shape index (κ1) is 22.6. The molecule has 0 aliphatic heterocycles. The Balaban J connectivity index is 1.41. The van der Waals surface area contributed by atoms with Gasteiger partial charge in [-0.1, -0.05) is 48.2 Å². The van der Waals surface area contributed by atoms with Crippen molar-refractivity contribution in [1.29, 1.82) is 0 Å². The molecule has 1 amide bonds. The summed E-state index contributed by atoms with van der Waals surface area (Å²) in [6.45, 7) is 6.00. The zero-order chi connectivity index (χ0) is 23.2. The quantitative estimate of drug-likeness (QED) is 0.311. The minimum Gasteiger partial charge on any atom is -0.411 e. The number of hydrogen-bond donors (Lipinski definition) is 1. The SMILES string of the molecule is Cc1ccccc1-c1nnc(SCC(=O)N(c2ccc(Nc3ccccc3)cc2)C(C)C)o1. The Morgan fingerprint density at radius 1 is 0.939 bits per heavy atom. The highest BCUT2D eigenvalue weighted by molar-refractivity contribution is 7.99. The molecule has 3 aromatic carbocycles. The van der Waals surface area contributed by atoms with Crippen molar-refractivity contribution in [2.24, 2.45) is 0 Å². The number of aromatic nitrogens is 2. The largest absolute Gasteiger partial charge is 0.411 e. The van der Waals surface area contributed by atoms with Crippen LogP contribution >= 0.6 is 11.8 Å². The monoisotopic (exact) mass is 458 g/mol. The average Bonchev–Trinajstić information content (AvgIpc) is 3.29. The summed E-state index contributed by atoms with van der Waals surface area (Å²) in [6.07, 6.45) is 0. The summed E-state index contributed by atoms with van der Waals surface area (Å²) < 4.78 is 5.78. The molecule has 4 rings (SSSR count). The van der Waals surface area contributed by atoms with Crippen LogP contribution in [0.25, 0.3) is 11.5 Å². The lowest BCUT2D eigenvalue weighted by molar-refractivity contribution is -0.116. The number of nitrogens with zero attached hydrogens (tertiary/aromatic N) is 3. The van der Waals surface area contributed by atoms with E-state index in [0.717, 1.165) is 28.2 Å². The molecule has 0 aliphatic rings. The van der Waals surface area contributed by atoms with Crippen LogP contribution in [0.2, 0.25) is 0 Å². The Kier molecular flexibility index (Phi) is 7.10. The summed E-state index contributed by atoms with van der Waals surface area (Å²) in [5, 5.41) is 12.0. The Morgan fingerprint density at radius 2 is 1.61 bits per heavy atom. The van der Waals surface area contributed by atoms with Gasteiger partial charge >= 0.3 is 0 Å². The molecule has 33 heavy (non-hydrogen) atoms. The predicted octanol–water partition coefficient (Wildman–Crippen LogP) is 6.32. The number of hydrogen-bond acceptors (Lipinski definition) is 6. The predicted molar refractivity (Wildman–Crippen MR) is 134 cm³/mol. The van der Waals surface area contributed by atoms with Gasteiger partial charge < -0.3 is 14.6 Å². The zero-order valence-corrected chi connectivity index (χ0v) is 19.7. The molecule has 0 bridgehead atoms. The van der Waals surface area contributed by atoms with Gasteiger partial charge in [-0.3, -0.25) is 4.79 Å². The molecule has 7 heteroatoms. The number of thioether (sulfide) groups is 1. The van der Waals surface area contributed by atoms with Gasteiger partial charge in [-0.15, -0.1) is 10.2 Å². The van der Waals surface area contributed by atoms with Crippen LogP contribution in [0.5, 0.6) is 0 Å². The van der Waals surface area contributed by atoms with E-state index in [-0.39, 0.29) is 17.7 Å². The number of carbonyl (C=O) groups is 1.